The van der Waals surface area contributed by atoms with E-state index >= 15 is 0 Å². The molecular weight excluding hydrogens is 276 g/mol. The standard InChI is InChI=1S/C14H15F2N5/c15-10-4-3-9(7-11(10)16)20-13-12(17)14(19-8-18-13)21-5-1-2-6-21/h3-4,7-8H,1-2,5-6,17H2,(H,18,19,20). The number of rotatable bonds is 3. The first-order chi connectivity index (χ1) is 10.1. The third-order valence-corrected chi connectivity index (χ3v) is 3.45. The van der Waals surface area contributed by atoms with Crippen molar-refractivity contribution >= 4 is 23.0 Å². The van der Waals surface area contributed by atoms with Gasteiger partial charge in [0.2, 0.25) is 0 Å². The second kappa shape index (κ2) is 5.51. The Morgan fingerprint density at radius 2 is 1.86 bits per heavy atom. The molecule has 5 nitrogen and oxygen atoms in total. The normalized spacial score (nSPS) is 14.5. The third kappa shape index (κ3) is 2.72. The number of anilines is 4. The highest BCUT2D eigenvalue weighted by Gasteiger charge is 2.18. The van der Waals surface area contributed by atoms with Crippen molar-refractivity contribution in [2.75, 3.05) is 29.0 Å². The van der Waals surface area contributed by atoms with Gasteiger partial charge in [-0.15, -0.1) is 0 Å². The fraction of sp³-hybridized carbons (Fsp3) is 0.286. The molecule has 2 aromatic rings. The summed E-state index contributed by atoms with van der Waals surface area (Å²) in [6, 6.07) is 3.54. The quantitative estimate of drug-likeness (QED) is 0.910. The largest absolute Gasteiger partial charge is 0.393 e. The molecule has 0 amide bonds. The van der Waals surface area contributed by atoms with Gasteiger partial charge in [0.25, 0.3) is 0 Å². The predicted molar refractivity (Wildman–Crippen MR) is 77.5 cm³/mol. The van der Waals surface area contributed by atoms with E-state index in [4.69, 9.17) is 5.73 Å². The van der Waals surface area contributed by atoms with Gasteiger partial charge in [-0.2, -0.15) is 0 Å². The van der Waals surface area contributed by atoms with Gasteiger partial charge in [-0.25, -0.2) is 18.7 Å². The highest BCUT2D eigenvalue weighted by molar-refractivity contribution is 5.78. The summed E-state index contributed by atoms with van der Waals surface area (Å²) >= 11 is 0. The van der Waals surface area contributed by atoms with Crippen molar-refractivity contribution in [2.24, 2.45) is 0 Å². The van der Waals surface area contributed by atoms with Crippen molar-refractivity contribution in [2.45, 2.75) is 12.8 Å². The van der Waals surface area contributed by atoms with Crippen LogP contribution in [-0.2, 0) is 0 Å². The van der Waals surface area contributed by atoms with Crippen molar-refractivity contribution in [3.8, 4) is 0 Å². The van der Waals surface area contributed by atoms with Gasteiger partial charge < -0.3 is 16.0 Å². The van der Waals surface area contributed by atoms with Crippen LogP contribution < -0.4 is 16.0 Å². The monoisotopic (exact) mass is 291 g/mol. The highest BCUT2D eigenvalue weighted by atomic mass is 19.2. The molecule has 21 heavy (non-hydrogen) atoms. The second-order valence-corrected chi connectivity index (χ2v) is 4.91. The third-order valence-electron chi connectivity index (χ3n) is 3.45. The van der Waals surface area contributed by atoms with Crippen LogP contribution in [0.3, 0.4) is 0 Å². The molecule has 1 fully saturated rings. The lowest BCUT2D eigenvalue weighted by Crippen LogP contribution is -2.21. The van der Waals surface area contributed by atoms with E-state index in [0.29, 0.717) is 23.0 Å². The number of nitrogen functional groups attached to an aromatic ring is 1. The average Bonchev–Trinajstić information content (AvgIpc) is 2.99. The molecule has 110 valence electrons. The summed E-state index contributed by atoms with van der Waals surface area (Å²) in [5.74, 6) is -0.758. The molecule has 0 unspecified atom stereocenters. The van der Waals surface area contributed by atoms with Crippen LogP contribution in [0.1, 0.15) is 12.8 Å². The maximum atomic E-state index is 13.2. The number of hydrogen-bond donors (Lipinski definition) is 2. The molecule has 3 rings (SSSR count). The van der Waals surface area contributed by atoms with Gasteiger partial charge in [0.15, 0.2) is 23.3 Å². The van der Waals surface area contributed by atoms with Crippen LogP contribution in [0.15, 0.2) is 24.5 Å². The van der Waals surface area contributed by atoms with Crippen molar-refractivity contribution in [1.29, 1.82) is 0 Å². The summed E-state index contributed by atoms with van der Waals surface area (Å²) in [5.41, 5.74) is 6.87. The van der Waals surface area contributed by atoms with E-state index in [0.717, 1.165) is 38.1 Å². The number of benzene rings is 1. The predicted octanol–water partition coefficient (Wildman–Crippen LogP) is 2.68. The van der Waals surface area contributed by atoms with Gasteiger partial charge in [-0.1, -0.05) is 0 Å². The smallest absolute Gasteiger partial charge is 0.160 e. The fourth-order valence-electron chi connectivity index (χ4n) is 2.38. The molecule has 0 bridgehead atoms. The van der Waals surface area contributed by atoms with E-state index in [9.17, 15) is 8.78 Å². The number of nitrogens with zero attached hydrogens (tertiary/aromatic N) is 3. The first-order valence-electron chi connectivity index (χ1n) is 6.72. The van der Waals surface area contributed by atoms with Gasteiger partial charge in [0.05, 0.1) is 0 Å². The van der Waals surface area contributed by atoms with Gasteiger partial charge in [-0.3, -0.25) is 0 Å². The fourth-order valence-corrected chi connectivity index (χ4v) is 2.38. The van der Waals surface area contributed by atoms with Crippen molar-refractivity contribution in [3.63, 3.8) is 0 Å². The Balaban J connectivity index is 1.88. The van der Waals surface area contributed by atoms with E-state index in [1.807, 2.05) is 0 Å². The molecule has 1 aliphatic rings. The Hall–Kier alpha value is -2.44. The number of nitrogens with two attached hydrogens (primary N) is 1. The topological polar surface area (TPSA) is 67.1 Å². The lowest BCUT2D eigenvalue weighted by atomic mass is 10.3. The molecule has 1 aromatic carbocycles. The highest BCUT2D eigenvalue weighted by Crippen LogP contribution is 2.30. The van der Waals surface area contributed by atoms with E-state index in [-0.39, 0.29) is 0 Å². The summed E-state index contributed by atoms with van der Waals surface area (Å²) in [6.45, 7) is 1.82. The zero-order valence-corrected chi connectivity index (χ0v) is 11.3. The maximum Gasteiger partial charge on any atom is 0.160 e. The molecule has 0 aliphatic carbocycles. The van der Waals surface area contributed by atoms with E-state index in [1.54, 1.807) is 0 Å². The molecule has 0 atom stereocenters. The zero-order valence-electron chi connectivity index (χ0n) is 11.3. The SMILES string of the molecule is Nc1c(Nc2ccc(F)c(F)c2)ncnc1N1CCCC1. The lowest BCUT2D eigenvalue weighted by molar-refractivity contribution is 0.509. The van der Waals surface area contributed by atoms with Crippen LogP contribution in [0.5, 0.6) is 0 Å². The molecule has 0 saturated carbocycles. The minimum absolute atomic E-state index is 0.381. The van der Waals surface area contributed by atoms with Gasteiger partial charge in [0, 0.05) is 24.8 Å². The molecule has 2 heterocycles. The zero-order chi connectivity index (χ0) is 14.8. The van der Waals surface area contributed by atoms with Crippen LogP contribution in [0, 0.1) is 11.6 Å². The number of halogens is 2. The Bertz CT molecular complexity index is 656. The van der Waals surface area contributed by atoms with E-state index in [2.05, 4.69) is 20.2 Å². The Morgan fingerprint density at radius 3 is 2.57 bits per heavy atom. The summed E-state index contributed by atoms with van der Waals surface area (Å²) in [4.78, 5) is 10.4. The molecule has 1 aromatic heterocycles. The maximum absolute atomic E-state index is 13.2. The Morgan fingerprint density at radius 1 is 1.10 bits per heavy atom. The molecule has 1 aliphatic heterocycles. The first kappa shape index (κ1) is 13.5. The minimum atomic E-state index is -0.924. The van der Waals surface area contributed by atoms with Crippen molar-refractivity contribution in [3.05, 3.63) is 36.2 Å². The Labute approximate surface area is 120 Å². The van der Waals surface area contributed by atoms with Gasteiger partial charge in [0.1, 0.15) is 12.0 Å². The first-order valence-corrected chi connectivity index (χ1v) is 6.72. The molecule has 1 saturated heterocycles. The average molecular weight is 291 g/mol. The van der Waals surface area contributed by atoms with Crippen LogP contribution >= 0.6 is 0 Å². The van der Waals surface area contributed by atoms with Crippen molar-refractivity contribution in [1.82, 2.24) is 9.97 Å². The second-order valence-electron chi connectivity index (χ2n) is 4.91. The minimum Gasteiger partial charge on any atom is -0.393 e. The number of nitrogens with one attached hydrogen (secondary N) is 1. The summed E-state index contributed by atoms with van der Waals surface area (Å²) in [5, 5.41) is 2.89. The molecule has 3 N–H and O–H groups in total. The van der Waals surface area contributed by atoms with Gasteiger partial charge in [-0.05, 0) is 25.0 Å². The lowest BCUT2D eigenvalue weighted by Gasteiger charge is -2.19. The molecule has 0 spiro atoms. The molecule has 7 heteroatoms. The van der Waals surface area contributed by atoms with E-state index in [1.165, 1.54) is 12.4 Å². The number of hydrogen-bond acceptors (Lipinski definition) is 5. The summed E-state index contributed by atoms with van der Waals surface area (Å²) in [6.07, 6.45) is 3.62. The van der Waals surface area contributed by atoms with Gasteiger partial charge >= 0.3 is 0 Å². The van der Waals surface area contributed by atoms with Crippen LogP contribution in [0.4, 0.5) is 31.8 Å². The molecule has 0 radical (unpaired) electrons. The van der Waals surface area contributed by atoms with Crippen LogP contribution in [0.25, 0.3) is 0 Å². The summed E-state index contributed by atoms with van der Waals surface area (Å²) in [7, 11) is 0. The van der Waals surface area contributed by atoms with Crippen LogP contribution in [0.2, 0.25) is 0 Å². The van der Waals surface area contributed by atoms with Crippen LogP contribution in [-0.4, -0.2) is 23.1 Å². The number of aromatic nitrogens is 2. The summed E-state index contributed by atoms with van der Waals surface area (Å²) < 4.78 is 26.1. The molecular formula is C14H15F2N5. The van der Waals surface area contributed by atoms with E-state index < -0.39 is 11.6 Å². The van der Waals surface area contributed by atoms with Crippen molar-refractivity contribution < 1.29 is 8.78 Å². The Kier molecular flexibility index (Phi) is 3.55.